The Labute approximate surface area is 209 Å². The standard InChI is InChI=1S/C21H18B3FN6O3S/c1-3-4-33-15-9-27-13(8-28-15)17(32)30-11-5-12(16(25)29-7-11)19(2)14-6-20(14,35-18(26)31-19)10-34-21(22,23)24/h1,5,7-9,14H,4,6,10H2,2H3,(H2,26,31)(H,30,32)/t14-,19+,20+/m0/s1. The summed E-state index contributed by atoms with van der Waals surface area (Å²) in [6.07, 6.45) is 9.43. The van der Waals surface area contributed by atoms with Crippen LogP contribution in [0.2, 0.25) is 0 Å². The number of hydrogen-bond donors (Lipinski definition) is 2. The summed E-state index contributed by atoms with van der Waals surface area (Å²) in [5, 5.41) is 1.07. The van der Waals surface area contributed by atoms with Crippen LogP contribution in [-0.4, -0.2) is 72.8 Å². The summed E-state index contributed by atoms with van der Waals surface area (Å²) in [6.45, 7) is 1.87. The number of nitrogens with zero attached hydrogens (tertiary/aromatic N) is 4. The molecule has 14 heteroatoms. The van der Waals surface area contributed by atoms with Gasteiger partial charge < -0.3 is 20.5 Å². The van der Waals surface area contributed by atoms with Crippen molar-refractivity contribution in [2.75, 3.05) is 18.5 Å². The number of thioether (sulfide) groups is 1. The van der Waals surface area contributed by atoms with Gasteiger partial charge in [0.15, 0.2) is 11.8 Å². The number of carbonyl (C=O) groups excluding carboxylic acids is 1. The fraction of sp³-hybridized carbons (Fsp3) is 0.381. The van der Waals surface area contributed by atoms with Gasteiger partial charge in [-0.3, -0.25) is 9.79 Å². The van der Waals surface area contributed by atoms with Crippen LogP contribution >= 0.6 is 11.8 Å². The van der Waals surface area contributed by atoms with Crippen molar-refractivity contribution < 1.29 is 18.7 Å². The molecule has 6 radical (unpaired) electrons. The number of terminal acetylenes is 1. The first-order valence-corrected chi connectivity index (χ1v) is 11.2. The average molecular weight is 486 g/mol. The molecule has 35 heavy (non-hydrogen) atoms. The monoisotopic (exact) mass is 486 g/mol. The molecule has 3 atom stereocenters. The van der Waals surface area contributed by atoms with Gasteiger partial charge in [-0.25, -0.2) is 15.0 Å². The summed E-state index contributed by atoms with van der Waals surface area (Å²) in [5.74, 6) is 0.995. The number of amidine groups is 1. The van der Waals surface area contributed by atoms with Gasteiger partial charge in [-0.2, -0.15) is 4.39 Å². The van der Waals surface area contributed by atoms with Crippen LogP contribution in [-0.2, 0) is 10.3 Å². The smallest absolute Gasteiger partial charge is 0.275 e. The van der Waals surface area contributed by atoms with Crippen molar-refractivity contribution in [1.82, 2.24) is 15.0 Å². The molecule has 9 nitrogen and oxygen atoms in total. The first-order valence-electron chi connectivity index (χ1n) is 10.4. The number of ether oxygens (including phenoxy) is 2. The molecular formula is C21H18B3FN6O3S. The zero-order chi connectivity index (χ0) is 25.4. The largest absolute Gasteiger partial charge is 0.463 e. The number of fused-ring (bicyclic) bond motifs is 1. The molecule has 0 spiro atoms. The first-order chi connectivity index (χ1) is 16.5. The second kappa shape index (κ2) is 9.20. The van der Waals surface area contributed by atoms with Gasteiger partial charge in [0.2, 0.25) is 11.8 Å². The van der Waals surface area contributed by atoms with E-state index in [-0.39, 0.29) is 47.1 Å². The quantitative estimate of drug-likeness (QED) is 0.313. The maximum Gasteiger partial charge on any atom is 0.275 e. The second-order valence-electron chi connectivity index (χ2n) is 8.41. The zero-order valence-electron chi connectivity index (χ0n) is 18.7. The van der Waals surface area contributed by atoms with Gasteiger partial charge in [-0.05, 0) is 24.7 Å². The highest BCUT2D eigenvalue weighted by atomic mass is 32.2. The summed E-state index contributed by atoms with van der Waals surface area (Å²) >= 11 is 1.31. The summed E-state index contributed by atoms with van der Waals surface area (Å²) in [5.41, 5.74) is 5.43. The molecule has 172 valence electrons. The Bertz CT molecular complexity index is 1220. The molecular weight excluding hydrogens is 468 g/mol. The lowest BCUT2D eigenvalue weighted by Crippen LogP contribution is -2.42. The van der Waals surface area contributed by atoms with Crippen LogP contribution in [0.1, 0.15) is 29.4 Å². The highest BCUT2D eigenvalue weighted by Gasteiger charge is 2.67. The van der Waals surface area contributed by atoms with E-state index in [0.29, 0.717) is 6.42 Å². The Morgan fingerprint density at radius 3 is 2.80 bits per heavy atom. The summed E-state index contributed by atoms with van der Waals surface area (Å²) in [4.78, 5) is 29.0. The van der Waals surface area contributed by atoms with Crippen LogP contribution < -0.4 is 15.8 Å². The molecule has 1 amide bonds. The fourth-order valence-corrected chi connectivity index (χ4v) is 5.41. The van der Waals surface area contributed by atoms with Crippen molar-refractivity contribution in [2.45, 2.75) is 28.9 Å². The van der Waals surface area contributed by atoms with Crippen molar-refractivity contribution >= 4 is 52.1 Å². The number of halogens is 1. The zero-order valence-corrected chi connectivity index (χ0v) is 19.5. The highest BCUT2D eigenvalue weighted by Crippen LogP contribution is 2.66. The average Bonchev–Trinajstić information content (AvgIpc) is 3.53. The molecule has 0 aromatic carbocycles. The predicted octanol–water partition coefficient (Wildman–Crippen LogP) is 0.444. The molecule has 3 N–H and O–H groups in total. The van der Waals surface area contributed by atoms with Crippen molar-refractivity contribution in [3.63, 3.8) is 0 Å². The molecule has 4 rings (SSSR count). The molecule has 2 aromatic heterocycles. The fourth-order valence-electron chi connectivity index (χ4n) is 4.02. The third-order valence-corrected chi connectivity index (χ3v) is 7.00. The van der Waals surface area contributed by atoms with E-state index in [4.69, 9.17) is 45.2 Å². The number of pyridine rings is 1. The molecule has 3 heterocycles. The molecule has 2 aromatic rings. The van der Waals surface area contributed by atoms with Crippen LogP contribution in [0.25, 0.3) is 0 Å². The first kappa shape index (κ1) is 25.1. The van der Waals surface area contributed by atoms with Gasteiger partial charge in [0.05, 0.1) is 64.7 Å². The van der Waals surface area contributed by atoms with E-state index >= 15 is 0 Å². The lowest BCUT2D eigenvalue weighted by atomic mass is 9.52. The summed E-state index contributed by atoms with van der Waals surface area (Å²) in [6, 6.07) is 1.47. The number of amides is 1. The van der Waals surface area contributed by atoms with E-state index in [9.17, 15) is 9.18 Å². The van der Waals surface area contributed by atoms with E-state index in [1.165, 1.54) is 36.4 Å². The lowest BCUT2D eigenvalue weighted by molar-refractivity contribution is 0.102. The van der Waals surface area contributed by atoms with Crippen LogP contribution in [0.3, 0.4) is 0 Å². The molecule has 0 saturated heterocycles. The van der Waals surface area contributed by atoms with Crippen molar-refractivity contribution in [2.24, 2.45) is 16.6 Å². The van der Waals surface area contributed by atoms with Gasteiger partial charge in [-0.15, -0.1) is 6.42 Å². The van der Waals surface area contributed by atoms with Gasteiger partial charge in [-0.1, -0.05) is 17.7 Å². The Morgan fingerprint density at radius 2 is 2.14 bits per heavy atom. The molecule has 1 aliphatic carbocycles. The minimum Gasteiger partial charge on any atom is -0.463 e. The number of rotatable bonds is 8. The van der Waals surface area contributed by atoms with E-state index in [1.54, 1.807) is 6.92 Å². The van der Waals surface area contributed by atoms with Gasteiger partial charge in [0, 0.05) is 11.5 Å². The Hall–Kier alpha value is -3.04. The molecule has 2 aliphatic rings. The van der Waals surface area contributed by atoms with Crippen LogP contribution in [0.4, 0.5) is 10.1 Å². The number of nitrogens with two attached hydrogens (primary N) is 1. The predicted molar refractivity (Wildman–Crippen MR) is 132 cm³/mol. The van der Waals surface area contributed by atoms with Crippen molar-refractivity contribution in [1.29, 1.82) is 0 Å². The number of carbonyl (C=O) groups is 1. The normalized spacial score (nSPS) is 25.1. The Balaban J connectivity index is 1.55. The number of anilines is 1. The number of aliphatic imine (C=N–C) groups is 1. The van der Waals surface area contributed by atoms with Crippen molar-refractivity contribution in [3.05, 3.63) is 41.9 Å². The van der Waals surface area contributed by atoms with E-state index in [0.717, 1.165) is 0 Å². The third kappa shape index (κ3) is 5.31. The molecule has 1 saturated carbocycles. The number of aromatic nitrogens is 3. The number of hydrogen-bond acceptors (Lipinski definition) is 9. The van der Waals surface area contributed by atoms with Crippen LogP contribution in [0, 0.1) is 24.2 Å². The Morgan fingerprint density at radius 1 is 1.37 bits per heavy atom. The Kier molecular flexibility index (Phi) is 6.59. The molecule has 0 unspecified atom stereocenters. The topological polar surface area (TPSA) is 125 Å². The lowest BCUT2D eigenvalue weighted by Gasteiger charge is -2.35. The van der Waals surface area contributed by atoms with E-state index < -0.39 is 27.4 Å². The van der Waals surface area contributed by atoms with Crippen molar-refractivity contribution in [3.8, 4) is 18.2 Å². The summed E-state index contributed by atoms with van der Waals surface area (Å²) < 4.78 is 24.9. The van der Waals surface area contributed by atoms with Crippen LogP contribution in [0.5, 0.6) is 5.88 Å². The summed E-state index contributed by atoms with van der Waals surface area (Å²) in [7, 11) is 16.6. The van der Waals surface area contributed by atoms with E-state index in [1.807, 2.05) is 0 Å². The van der Waals surface area contributed by atoms with Crippen LogP contribution in [0.15, 0.2) is 29.6 Å². The third-order valence-electron chi connectivity index (χ3n) is 5.73. The maximum atomic E-state index is 14.9. The molecule has 1 fully saturated rings. The van der Waals surface area contributed by atoms with E-state index in [2.05, 4.69) is 31.2 Å². The highest BCUT2D eigenvalue weighted by molar-refractivity contribution is 8.15. The number of nitrogens with one attached hydrogen (secondary N) is 1. The van der Waals surface area contributed by atoms with Gasteiger partial charge in [0.25, 0.3) is 5.91 Å². The molecule has 0 bridgehead atoms. The molecule has 1 aliphatic heterocycles. The minimum absolute atomic E-state index is 0.0127. The van der Waals surface area contributed by atoms with Gasteiger partial charge >= 0.3 is 0 Å². The minimum atomic E-state index is -1.81. The maximum absolute atomic E-state index is 14.9. The van der Waals surface area contributed by atoms with Gasteiger partial charge in [0.1, 0.15) is 5.69 Å². The second-order valence-corrected chi connectivity index (χ2v) is 9.85. The SMILES string of the molecule is [B]C([B])([B])OC[C@]12C[C@H]1[C@@](C)(c1cc(NC(=O)c3cnc(OCC#C)cn3)cnc1F)N=C(N)S2.